The van der Waals surface area contributed by atoms with Gasteiger partial charge in [-0.05, 0) is 30.5 Å². The first-order chi connectivity index (χ1) is 8.36. The Bertz CT molecular complexity index is 497. The molecule has 2 aromatic rings. The SMILES string of the molecule is Nc1n[nH]c(C2CCCC2)c1-c1ccncc1. The maximum absolute atomic E-state index is 5.98. The third-order valence-corrected chi connectivity index (χ3v) is 3.55. The maximum atomic E-state index is 5.98. The number of nitrogens with two attached hydrogens (primary N) is 1. The fraction of sp³-hybridized carbons (Fsp3) is 0.385. The molecule has 1 aliphatic carbocycles. The van der Waals surface area contributed by atoms with E-state index in [2.05, 4.69) is 15.2 Å². The van der Waals surface area contributed by atoms with E-state index >= 15 is 0 Å². The van der Waals surface area contributed by atoms with Crippen molar-refractivity contribution in [1.82, 2.24) is 15.2 Å². The third-order valence-electron chi connectivity index (χ3n) is 3.55. The Balaban J connectivity index is 2.06. The third kappa shape index (κ3) is 1.79. The summed E-state index contributed by atoms with van der Waals surface area (Å²) < 4.78 is 0. The molecule has 0 aromatic carbocycles. The number of hydrogen-bond acceptors (Lipinski definition) is 3. The second-order valence-corrected chi connectivity index (χ2v) is 4.61. The fourth-order valence-electron chi connectivity index (χ4n) is 2.70. The molecule has 88 valence electrons. The van der Waals surface area contributed by atoms with Crippen LogP contribution in [0.25, 0.3) is 11.1 Å². The maximum Gasteiger partial charge on any atom is 0.153 e. The lowest BCUT2D eigenvalue weighted by atomic mass is 9.96. The molecule has 3 N–H and O–H groups in total. The summed E-state index contributed by atoms with van der Waals surface area (Å²) in [5.41, 5.74) is 9.35. The Morgan fingerprint density at radius 2 is 1.88 bits per heavy atom. The lowest BCUT2D eigenvalue weighted by Gasteiger charge is -2.10. The lowest BCUT2D eigenvalue weighted by molar-refractivity contribution is 0.694. The summed E-state index contributed by atoms with van der Waals surface area (Å²) in [6.07, 6.45) is 8.67. The van der Waals surface area contributed by atoms with Gasteiger partial charge in [-0.25, -0.2) is 0 Å². The largest absolute Gasteiger partial charge is 0.382 e. The number of rotatable bonds is 2. The molecule has 0 radical (unpaired) electrons. The van der Waals surface area contributed by atoms with Gasteiger partial charge in [0.1, 0.15) is 0 Å². The van der Waals surface area contributed by atoms with E-state index in [1.807, 2.05) is 12.1 Å². The van der Waals surface area contributed by atoms with Crippen molar-refractivity contribution in [2.24, 2.45) is 0 Å². The van der Waals surface area contributed by atoms with Crippen LogP contribution in [0.1, 0.15) is 37.3 Å². The van der Waals surface area contributed by atoms with Crippen molar-refractivity contribution >= 4 is 5.82 Å². The van der Waals surface area contributed by atoms with Gasteiger partial charge in [0.25, 0.3) is 0 Å². The average Bonchev–Trinajstić information content (AvgIpc) is 2.98. The summed E-state index contributed by atoms with van der Waals surface area (Å²) in [6.45, 7) is 0. The van der Waals surface area contributed by atoms with Crippen LogP contribution in [0.5, 0.6) is 0 Å². The minimum absolute atomic E-state index is 0.586. The molecule has 0 unspecified atom stereocenters. The van der Waals surface area contributed by atoms with Crippen LogP contribution in [0.15, 0.2) is 24.5 Å². The van der Waals surface area contributed by atoms with Crippen LogP contribution >= 0.6 is 0 Å². The van der Waals surface area contributed by atoms with Crippen LogP contribution in [-0.2, 0) is 0 Å². The van der Waals surface area contributed by atoms with Gasteiger partial charge in [-0.2, -0.15) is 5.10 Å². The van der Waals surface area contributed by atoms with Gasteiger partial charge in [0.2, 0.25) is 0 Å². The average molecular weight is 228 g/mol. The Kier molecular flexibility index (Phi) is 2.55. The zero-order chi connectivity index (χ0) is 11.7. The van der Waals surface area contributed by atoms with E-state index in [9.17, 15) is 0 Å². The number of nitrogens with one attached hydrogen (secondary N) is 1. The molecule has 0 spiro atoms. The summed E-state index contributed by atoms with van der Waals surface area (Å²) in [7, 11) is 0. The molecular weight excluding hydrogens is 212 g/mol. The number of nitrogen functional groups attached to an aromatic ring is 1. The van der Waals surface area contributed by atoms with Crippen LogP contribution < -0.4 is 5.73 Å². The molecule has 4 heteroatoms. The normalized spacial score (nSPS) is 16.5. The zero-order valence-electron chi connectivity index (χ0n) is 9.69. The standard InChI is InChI=1S/C13H16N4/c14-13-11(9-5-7-15-8-6-9)12(16-17-13)10-3-1-2-4-10/h5-8,10H,1-4H2,(H3,14,16,17). The van der Waals surface area contributed by atoms with Gasteiger partial charge >= 0.3 is 0 Å². The summed E-state index contributed by atoms with van der Waals surface area (Å²) in [5.74, 6) is 1.18. The summed E-state index contributed by atoms with van der Waals surface area (Å²) in [4.78, 5) is 4.04. The van der Waals surface area contributed by atoms with E-state index < -0.39 is 0 Å². The number of hydrogen-bond donors (Lipinski definition) is 2. The molecule has 0 bridgehead atoms. The summed E-state index contributed by atoms with van der Waals surface area (Å²) >= 11 is 0. The molecule has 1 saturated carbocycles. The molecule has 1 aliphatic rings. The molecule has 2 heterocycles. The Hall–Kier alpha value is -1.84. The van der Waals surface area contributed by atoms with Crippen LogP contribution in [0.2, 0.25) is 0 Å². The van der Waals surface area contributed by atoms with Crippen molar-refractivity contribution in [1.29, 1.82) is 0 Å². The fourth-order valence-corrected chi connectivity index (χ4v) is 2.70. The lowest BCUT2D eigenvalue weighted by Crippen LogP contribution is -1.96. The molecule has 1 fully saturated rings. The van der Waals surface area contributed by atoms with Crippen LogP contribution in [0.4, 0.5) is 5.82 Å². The monoisotopic (exact) mass is 228 g/mol. The number of anilines is 1. The van der Waals surface area contributed by atoms with E-state index in [-0.39, 0.29) is 0 Å². The van der Waals surface area contributed by atoms with Gasteiger partial charge in [0.15, 0.2) is 5.82 Å². The summed E-state index contributed by atoms with van der Waals surface area (Å²) in [5, 5.41) is 7.29. The second kappa shape index (κ2) is 4.20. The smallest absolute Gasteiger partial charge is 0.153 e. The Morgan fingerprint density at radius 1 is 1.18 bits per heavy atom. The Labute approximate surface area is 100 Å². The highest BCUT2D eigenvalue weighted by molar-refractivity contribution is 5.76. The molecule has 2 aromatic heterocycles. The van der Waals surface area contributed by atoms with Gasteiger partial charge in [-0.3, -0.25) is 10.1 Å². The van der Waals surface area contributed by atoms with Gasteiger partial charge in [0, 0.05) is 29.6 Å². The minimum atomic E-state index is 0.586. The van der Waals surface area contributed by atoms with Crippen LogP contribution in [0.3, 0.4) is 0 Å². The van der Waals surface area contributed by atoms with E-state index in [0.29, 0.717) is 11.7 Å². The molecule has 17 heavy (non-hydrogen) atoms. The molecule has 0 saturated heterocycles. The summed E-state index contributed by atoms with van der Waals surface area (Å²) in [6, 6.07) is 3.97. The molecule has 0 aliphatic heterocycles. The minimum Gasteiger partial charge on any atom is -0.382 e. The molecule has 3 rings (SSSR count). The molecule has 0 amide bonds. The van der Waals surface area contributed by atoms with Crippen molar-refractivity contribution in [2.75, 3.05) is 5.73 Å². The topological polar surface area (TPSA) is 67.6 Å². The van der Waals surface area contributed by atoms with E-state index in [4.69, 9.17) is 5.73 Å². The zero-order valence-corrected chi connectivity index (χ0v) is 9.69. The molecule has 4 nitrogen and oxygen atoms in total. The van der Waals surface area contributed by atoms with Gasteiger partial charge < -0.3 is 5.73 Å². The highest BCUT2D eigenvalue weighted by Gasteiger charge is 2.24. The number of aromatic amines is 1. The number of aromatic nitrogens is 3. The highest BCUT2D eigenvalue weighted by Crippen LogP contribution is 2.39. The van der Waals surface area contributed by atoms with Crippen molar-refractivity contribution in [3.8, 4) is 11.1 Å². The molecule has 0 atom stereocenters. The predicted octanol–water partition coefficient (Wildman–Crippen LogP) is 2.71. The van der Waals surface area contributed by atoms with E-state index in [1.165, 1.54) is 31.4 Å². The van der Waals surface area contributed by atoms with Gasteiger partial charge in [-0.1, -0.05) is 12.8 Å². The highest BCUT2D eigenvalue weighted by atomic mass is 15.2. The number of H-pyrrole nitrogens is 1. The van der Waals surface area contributed by atoms with Gasteiger partial charge in [-0.15, -0.1) is 0 Å². The molecular formula is C13H16N4. The van der Waals surface area contributed by atoms with Gasteiger partial charge in [0.05, 0.1) is 0 Å². The second-order valence-electron chi connectivity index (χ2n) is 4.61. The van der Waals surface area contributed by atoms with E-state index in [0.717, 1.165) is 11.1 Å². The Morgan fingerprint density at radius 3 is 2.59 bits per heavy atom. The quantitative estimate of drug-likeness (QED) is 0.830. The first-order valence-electron chi connectivity index (χ1n) is 6.10. The van der Waals surface area contributed by atoms with Crippen LogP contribution in [0, 0.1) is 0 Å². The number of pyridine rings is 1. The van der Waals surface area contributed by atoms with Crippen molar-refractivity contribution < 1.29 is 0 Å². The first kappa shape index (κ1) is 10.3. The van der Waals surface area contributed by atoms with Crippen LogP contribution in [-0.4, -0.2) is 15.2 Å². The first-order valence-corrected chi connectivity index (χ1v) is 6.10. The number of nitrogens with zero attached hydrogens (tertiary/aromatic N) is 2. The van der Waals surface area contributed by atoms with E-state index in [1.54, 1.807) is 12.4 Å². The van der Waals surface area contributed by atoms with Crippen molar-refractivity contribution in [2.45, 2.75) is 31.6 Å². The van der Waals surface area contributed by atoms with Crippen molar-refractivity contribution in [3.63, 3.8) is 0 Å². The predicted molar refractivity (Wildman–Crippen MR) is 67.4 cm³/mol. The van der Waals surface area contributed by atoms with Crippen molar-refractivity contribution in [3.05, 3.63) is 30.2 Å².